The Hall–Kier alpha value is -1.98. The number of aryl methyl sites for hydroxylation is 1. The molecule has 2 aromatic rings. The molecule has 96 valence electrons. The Balaban J connectivity index is 2.03. The van der Waals surface area contributed by atoms with Gasteiger partial charge in [-0.15, -0.1) is 0 Å². The van der Waals surface area contributed by atoms with Gasteiger partial charge in [0.25, 0.3) is 0 Å². The highest BCUT2D eigenvalue weighted by atomic mass is 15.4. The number of rotatable bonds is 2. The van der Waals surface area contributed by atoms with Crippen LogP contribution in [0.3, 0.4) is 0 Å². The van der Waals surface area contributed by atoms with E-state index in [2.05, 4.69) is 10.1 Å². The molecular formula is C12H18N6. The first-order chi connectivity index (χ1) is 8.66. The van der Waals surface area contributed by atoms with E-state index in [9.17, 15) is 0 Å². The average Bonchev–Trinajstić information content (AvgIpc) is 3.04. The lowest BCUT2D eigenvalue weighted by atomic mass is 10.1. The lowest BCUT2D eigenvalue weighted by Gasteiger charge is -2.08. The van der Waals surface area contributed by atoms with Crippen molar-refractivity contribution < 1.29 is 0 Å². The summed E-state index contributed by atoms with van der Waals surface area (Å²) < 4.78 is 3.28. The zero-order chi connectivity index (χ0) is 12.7. The van der Waals surface area contributed by atoms with E-state index in [1.165, 1.54) is 12.8 Å². The number of nitrogen functional groups attached to an aromatic ring is 2. The average molecular weight is 246 g/mol. The summed E-state index contributed by atoms with van der Waals surface area (Å²) in [4.78, 5) is 4.63. The van der Waals surface area contributed by atoms with Crippen LogP contribution in [0.1, 0.15) is 37.4 Å². The molecule has 1 fully saturated rings. The summed E-state index contributed by atoms with van der Waals surface area (Å²) in [6, 6.07) is 0. The molecular weight excluding hydrogens is 228 g/mol. The summed E-state index contributed by atoms with van der Waals surface area (Å²) in [5.74, 6) is 7.90. The van der Waals surface area contributed by atoms with Crippen molar-refractivity contribution in [2.75, 3.05) is 11.6 Å². The highest BCUT2D eigenvalue weighted by Gasteiger charge is 2.25. The standard InChI is InChI=1S/C12H18N6/c1-17-7-9(6-15-17)10-11(13)18(14)12(16-10)8-4-2-3-5-8/h6-8H,2-5,13-14H2,1H3. The fourth-order valence-corrected chi connectivity index (χ4v) is 2.69. The first-order valence-corrected chi connectivity index (χ1v) is 6.29. The topological polar surface area (TPSA) is 87.7 Å². The lowest BCUT2D eigenvalue weighted by molar-refractivity contribution is 0.648. The highest BCUT2D eigenvalue weighted by Crippen LogP contribution is 2.36. The monoisotopic (exact) mass is 246 g/mol. The van der Waals surface area contributed by atoms with Crippen LogP contribution in [-0.2, 0) is 7.05 Å². The number of nitrogens with zero attached hydrogens (tertiary/aromatic N) is 4. The van der Waals surface area contributed by atoms with Gasteiger partial charge in [-0.2, -0.15) is 5.10 Å². The molecule has 3 rings (SSSR count). The van der Waals surface area contributed by atoms with Gasteiger partial charge in [0.15, 0.2) is 5.82 Å². The van der Waals surface area contributed by atoms with Gasteiger partial charge in [0.05, 0.1) is 6.20 Å². The van der Waals surface area contributed by atoms with Gasteiger partial charge < -0.3 is 11.6 Å². The van der Waals surface area contributed by atoms with Crippen molar-refractivity contribution in [3.63, 3.8) is 0 Å². The van der Waals surface area contributed by atoms with E-state index >= 15 is 0 Å². The van der Waals surface area contributed by atoms with Crippen LogP contribution in [0.15, 0.2) is 12.4 Å². The van der Waals surface area contributed by atoms with Crippen LogP contribution in [0, 0.1) is 0 Å². The summed E-state index contributed by atoms with van der Waals surface area (Å²) >= 11 is 0. The normalized spacial score (nSPS) is 16.5. The molecule has 0 amide bonds. The fraction of sp³-hybridized carbons (Fsp3) is 0.500. The Kier molecular flexibility index (Phi) is 2.50. The molecule has 6 nitrogen and oxygen atoms in total. The van der Waals surface area contributed by atoms with Crippen LogP contribution >= 0.6 is 0 Å². The Labute approximate surface area is 106 Å². The molecule has 0 saturated heterocycles. The molecule has 0 atom stereocenters. The fourth-order valence-electron chi connectivity index (χ4n) is 2.69. The molecule has 2 heterocycles. The number of imidazole rings is 1. The minimum Gasteiger partial charge on any atom is -0.382 e. The molecule has 0 aromatic carbocycles. The molecule has 0 aliphatic heterocycles. The smallest absolute Gasteiger partial charge is 0.150 e. The quantitative estimate of drug-likeness (QED) is 0.780. The minimum absolute atomic E-state index is 0.447. The predicted octanol–water partition coefficient (Wildman–Crippen LogP) is 1.24. The molecule has 6 heteroatoms. The van der Waals surface area contributed by atoms with Gasteiger partial charge in [-0.3, -0.25) is 4.68 Å². The van der Waals surface area contributed by atoms with Crippen molar-refractivity contribution in [3.05, 3.63) is 18.2 Å². The molecule has 0 spiro atoms. The van der Waals surface area contributed by atoms with Gasteiger partial charge in [0, 0.05) is 24.7 Å². The van der Waals surface area contributed by atoms with Gasteiger partial charge in [-0.05, 0) is 12.8 Å². The van der Waals surface area contributed by atoms with Crippen LogP contribution in [0.2, 0.25) is 0 Å². The second-order valence-corrected chi connectivity index (χ2v) is 4.96. The number of hydrogen-bond acceptors (Lipinski definition) is 4. The molecule has 1 saturated carbocycles. The van der Waals surface area contributed by atoms with Crippen molar-refractivity contribution >= 4 is 5.82 Å². The van der Waals surface area contributed by atoms with E-state index in [1.807, 2.05) is 13.2 Å². The molecule has 4 N–H and O–H groups in total. The maximum absolute atomic E-state index is 6.05. The zero-order valence-electron chi connectivity index (χ0n) is 10.5. The zero-order valence-corrected chi connectivity index (χ0v) is 10.5. The van der Waals surface area contributed by atoms with Crippen molar-refractivity contribution in [1.82, 2.24) is 19.4 Å². The van der Waals surface area contributed by atoms with Crippen LogP contribution in [-0.4, -0.2) is 19.4 Å². The van der Waals surface area contributed by atoms with Gasteiger partial charge in [0.2, 0.25) is 0 Å². The van der Waals surface area contributed by atoms with E-state index in [-0.39, 0.29) is 0 Å². The van der Waals surface area contributed by atoms with E-state index in [0.717, 1.165) is 29.9 Å². The number of anilines is 1. The van der Waals surface area contributed by atoms with E-state index < -0.39 is 0 Å². The predicted molar refractivity (Wildman–Crippen MR) is 70.2 cm³/mol. The summed E-state index contributed by atoms with van der Waals surface area (Å²) in [6.45, 7) is 0. The molecule has 1 aliphatic carbocycles. The summed E-state index contributed by atoms with van der Waals surface area (Å²) in [5, 5.41) is 4.14. The molecule has 0 unspecified atom stereocenters. The molecule has 0 radical (unpaired) electrons. The maximum Gasteiger partial charge on any atom is 0.150 e. The number of hydrogen-bond donors (Lipinski definition) is 2. The van der Waals surface area contributed by atoms with Gasteiger partial charge in [-0.1, -0.05) is 12.8 Å². The van der Waals surface area contributed by atoms with Crippen molar-refractivity contribution in [1.29, 1.82) is 0 Å². The third kappa shape index (κ3) is 1.64. The van der Waals surface area contributed by atoms with Crippen LogP contribution < -0.4 is 11.6 Å². The maximum atomic E-state index is 6.05. The molecule has 18 heavy (non-hydrogen) atoms. The summed E-state index contributed by atoms with van der Waals surface area (Å²) in [7, 11) is 1.87. The van der Waals surface area contributed by atoms with Gasteiger partial charge in [-0.25, -0.2) is 9.66 Å². The van der Waals surface area contributed by atoms with E-state index in [1.54, 1.807) is 15.6 Å². The van der Waals surface area contributed by atoms with Crippen LogP contribution in [0.4, 0.5) is 5.82 Å². The SMILES string of the molecule is Cn1cc(-c2nc(C3CCCC3)n(N)c2N)cn1. The number of aromatic nitrogens is 4. The van der Waals surface area contributed by atoms with Crippen molar-refractivity contribution in [2.24, 2.45) is 7.05 Å². The molecule has 0 bridgehead atoms. The third-order valence-corrected chi connectivity index (χ3v) is 3.67. The van der Waals surface area contributed by atoms with Crippen molar-refractivity contribution in [2.45, 2.75) is 31.6 Å². The second-order valence-electron chi connectivity index (χ2n) is 4.96. The van der Waals surface area contributed by atoms with Crippen molar-refractivity contribution in [3.8, 4) is 11.3 Å². The highest BCUT2D eigenvalue weighted by molar-refractivity contribution is 5.70. The van der Waals surface area contributed by atoms with Gasteiger partial charge in [0.1, 0.15) is 11.5 Å². The Morgan fingerprint density at radius 3 is 2.67 bits per heavy atom. The first-order valence-electron chi connectivity index (χ1n) is 6.29. The molecule has 2 aromatic heterocycles. The van der Waals surface area contributed by atoms with Gasteiger partial charge >= 0.3 is 0 Å². The van der Waals surface area contributed by atoms with Crippen LogP contribution in [0.5, 0.6) is 0 Å². The first kappa shape index (κ1) is 11.1. The van der Waals surface area contributed by atoms with E-state index in [4.69, 9.17) is 11.6 Å². The second kappa shape index (κ2) is 4.04. The number of nitrogens with two attached hydrogens (primary N) is 2. The Bertz CT molecular complexity index is 561. The summed E-state index contributed by atoms with van der Waals surface area (Å²) in [6.07, 6.45) is 8.47. The van der Waals surface area contributed by atoms with E-state index in [0.29, 0.717) is 11.7 Å². The Morgan fingerprint density at radius 2 is 2.06 bits per heavy atom. The molecule has 1 aliphatic rings. The Morgan fingerprint density at radius 1 is 1.33 bits per heavy atom. The minimum atomic E-state index is 0.447. The third-order valence-electron chi connectivity index (χ3n) is 3.67. The summed E-state index contributed by atoms with van der Waals surface area (Å²) in [5.41, 5.74) is 7.71. The lowest BCUT2D eigenvalue weighted by Crippen LogP contribution is -2.17. The largest absolute Gasteiger partial charge is 0.382 e. The van der Waals surface area contributed by atoms with Crippen LogP contribution in [0.25, 0.3) is 11.3 Å².